The second-order valence-electron chi connectivity index (χ2n) is 14.8. The van der Waals surface area contributed by atoms with E-state index in [0.29, 0.717) is 23.8 Å². The van der Waals surface area contributed by atoms with Crippen molar-refractivity contribution in [2.75, 3.05) is 6.54 Å². The number of fused-ring (bicyclic) bond motifs is 1. The highest BCUT2D eigenvalue weighted by Gasteiger charge is 2.62. The summed E-state index contributed by atoms with van der Waals surface area (Å²) in [6, 6.07) is 4.92. The number of ether oxygens (including phenoxy) is 2. The molecule has 5 rings (SSSR count). The average molecular weight is 817 g/mol. The summed E-state index contributed by atoms with van der Waals surface area (Å²) in [7, 11) is -3.93. The molecule has 2 saturated carbocycles. The molecule has 0 spiro atoms. The Bertz CT molecular complexity index is 1960. The van der Waals surface area contributed by atoms with Crippen LogP contribution in [0.2, 0.25) is 0 Å². The number of pyridine rings is 1. The molecule has 2 heterocycles. The van der Waals surface area contributed by atoms with Gasteiger partial charge in [-0.1, -0.05) is 34.1 Å². The number of carbonyl (C=O) groups excluding carboxylic acids is 5. The lowest BCUT2D eigenvalue weighted by Gasteiger charge is -2.30. The van der Waals surface area contributed by atoms with Crippen LogP contribution in [-0.4, -0.2) is 89.0 Å². The molecule has 1 saturated heterocycles. The molecule has 0 unspecified atom stereocenters. The second-order valence-corrected chi connectivity index (χ2v) is 17.7. The van der Waals surface area contributed by atoms with Gasteiger partial charge in [0, 0.05) is 34.8 Å². The molecule has 14 nitrogen and oxygen atoms in total. The van der Waals surface area contributed by atoms with Gasteiger partial charge in [0.1, 0.15) is 29.3 Å². The molecule has 3 fully saturated rings. The molecule has 1 aromatic carbocycles. The van der Waals surface area contributed by atoms with E-state index in [1.165, 1.54) is 11.0 Å². The lowest BCUT2D eigenvalue weighted by Crippen LogP contribution is -2.58. The number of aromatic nitrogens is 1. The van der Waals surface area contributed by atoms with Gasteiger partial charge in [-0.25, -0.2) is 18.2 Å². The smallest absolute Gasteiger partial charge is 0.408 e. The number of nitrogens with one attached hydrogen (secondary N) is 3. The maximum absolute atomic E-state index is 14.5. The number of nitrogens with zero attached hydrogens (tertiary/aromatic N) is 2. The summed E-state index contributed by atoms with van der Waals surface area (Å²) in [6.07, 6.45) is 3.83. The van der Waals surface area contributed by atoms with Crippen molar-refractivity contribution in [1.82, 2.24) is 25.2 Å². The number of allylic oxidation sites excluding steroid dienone is 2. The zero-order valence-corrected chi connectivity index (χ0v) is 32.8. The van der Waals surface area contributed by atoms with Gasteiger partial charge >= 0.3 is 6.09 Å². The van der Waals surface area contributed by atoms with E-state index in [-0.39, 0.29) is 43.9 Å². The van der Waals surface area contributed by atoms with Gasteiger partial charge in [-0.05, 0) is 89.5 Å². The van der Waals surface area contributed by atoms with E-state index in [1.807, 2.05) is 24.3 Å². The summed E-state index contributed by atoms with van der Waals surface area (Å²) < 4.78 is 40.1. The molecule has 2 aromatic rings. The largest absolute Gasteiger partial charge is 0.472 e. The van der Waals surface area contributed by atoms with Gasteiger partial charge < -0.3 is 25.0 Å². The van der Waals surface area contributed by atoms with Crippen LogP contribution in [0.15, 0.2) is 59.2 Å². The Labute approximate surface area is 317 Å². The van der Waals surface area contributed by atoms with Gasteiger partial charge in [0.15, 0.2) is 5.78 Å². The third-order valence-electron chi connectivity index (χ3n) is 9.59. The molecule has 3 aliphatic rings. The highest BCUT2D eigenvalue weighted by Crippen LogP contribution is 2.45. The molecule has 53 heavy (non-hydrogen) atoms. The van der Waals surface area contributed by atoms with E-state index in [9.17, 15) is 32.4 Å². The minimum absolute atomic E-state index is 0.0315. The predicted molar refractivity (Wildman–Crippen MR) is 200 cm³/mol. The number of hydrogen-bond donors (Lipinski definition) is 3. The van der Waals surface area contributed by atoms with Crippen LogP contribution in [0.1, 0.15) is 73.1 Å². The van der Waals surface area contributed by atoms with E-state index in [1.54, 1.807) is 46.9 Å². The fourth-order valence-corrected chi connectivity index (χ4v) is 8.03. The first-order valence-electron chi connectivity index (χ1n) is 17.5. The number of alkyl carbamates (subject to hydrolysis) is 1. The number of carbonyl (C=O) groups is 5. The third-order valence-corrected chi connectivity index (χ3v) is 11.9. The number of Topliss-reactive ketones (excluding diaryl/α,β-unsaturated/α-hetero) is 1. The Morgan fingerprint density at radius 3 is 2.51 bits per heavy atom. The van der Waals surface area contributed by atoms with E-state index in [2.05, 4.69) is 42.8 Å². The number of hydrogen-bond acceptors (Lipinski definition) is 10. The minimum atomic E-state index is -3.93. The minimum Gasteiger partial charge on any atom is -0.472 e. The van der Waals surface area contributed by atoms with Crippen molar-refractivity contribution in [2.24, 2.45) is 5.92 Å². The molecular formula is C37H46BrN5O9S. The number of halogens is 1. The molecule has 1 aliphatic heterocycles. The Kier molecular flexibility index (Phi) is 11.7. The highest BCUT2D eigenvalue weighted by atomic mass is 79.9. The number of likely N-dealkylation sites (tertiary alicyclic amines) is 1. The first kappa shape index (κ1) is 39.9. The molecule has 2 aliphatic carbocycles. The maximum atomic E-state index is 14.5. The van der Waals surface area contributed by atoms with Gasteiger partial charge in [-0.15, -0.1) is 6.58 Å². The number of amides is 4. The van der Waals surface area contributed by atoms with Gasteiger partial charge in [0.05, 0.1) is 11.8 Å². The van der Waals surface area contributed by atoms with Crippen LogP contribution in [0.3, 0.4) is 0 Å². The van der Waals surface area contributed by atoms with Crippen LogP contribution in [-0.2, 0) is 33.9 Å². The molecule has 3 N–H and O–H groups in total. The summed E-state index contributed by atoms with van der Waals surface area (Å²) in [5.41, 5.74) is -2.00. The molecule has 0 radical (unpaired) electrons. The van der Waals surface area contributed by atoms with Gasteiger partial charge in [-0.2, -0.15) is 0 Å². The fourth-order valence-electron chi connectivity index (χ4n) is 6.30. The van der Waals surface area contributed by atoms with E-state index in [0.717, 1.165) is 9.86 Å². The zero-order valence-electron chi connectivity index (χ0n) is 30.4. The fraction of sp³-hybridized carbons (Fsp3) is 0.514. The molecule has 4 amide bonds. The zero-order chi connectivity index (χ0) is 38.9. The van der Waals surface area contributed by atoms with Gasteiger partial charge in [0.25, 0.3) is 5.91 Å². The molecule has 1 aromatic heterocycles. The quantitative estimate of drug-likeness (QED) is 0.184. The normalized spacial score (nSPS) is 23.5. The second kappa shape index (κ2) is 15.6. The van der Waals surface area contributed by atoms with Crippen molar-refractivity contribution in [1.29, 1.82) is 0 Å². The number of rotatable bonds is 14. The van der Waals surface area contributed by atoms with Crippen molar-refractivity contribution < 1.29 is 41.9 Å². The Balaban J connectivity index is 1.45. The monoisotopic (exact) mass is 815 g/mol. The first-order chi connectivity index (χ1) is 24.9. The van der Waals surface area contributed by atoms with Crippen LogP contribution < -0.4 is 20.1 Å². The van der Waals surface area contributed by atoms with E-state index < -0.39 is 74.3 Å². The van der Waals surface area contributed by atoms with Crippen molar-refractivity contribution in [2.45, 2.75) is 108 Å². The topological polar surface area (TPSA) is 190 Å². The van der Waals surface area contributed by atoms with Gasteiger partial charge in [-0.3, -0.25) is 23.9 Å². The lowest BCUT2D eigenvalue weighted by molar-refractivity contribution is -0.141. The van der Waals surface area contributed by atoms with E-state index in [4.69, 9.17) is 9.47 Å². The van der Waals surface area contributed by atoms with Crippen molar-refractivity contribution in [3.63, 3.8) is 0 Å². The summed E-state index contributed by atoms with van der Waals surface area (Å²) in [5, 5.41) is 6.22. The molecule has 0 bridgehead atoms. The predicted octanol–water partition coefficient (Wildman–Crippen LogP) is 4.22. The van der Waals surface area contributed by atoms with Crippen LogP contribution >= 0.6 is 15.9 Å². The van der Waals surface area contributed by atoms with E-state index >= 15 is 0 Å². The standard InChI is InChI=1S/C37H46BrN5O9S/c1-7-21(3)30(44)14-13-28(40-35(48)52-36(4,5)6)33(46)43-20-25(51-32-27-17-24(38)10-9-22(27)15-16-39-32)18-29(43)31(45)41-37(19-23(37)8-2)34(47)42-53(49,50)26-11-12-26/h7-10,15-17,23,25-26,28-29H,2,11-14,18-20H2,1,3-6H3,(H,40,48)(H,41,45)(H,42,47)/b21-7+/t23-,25-,28+,29+,37-/m1/s1. The molecule has 16 heteroatoms. The SMILES string of the molecule is C=C[C@@H]1C[C@]1(NC(=O)[C@@H]1C[C@@H](Oc2nccc3ccc(Br)cc23)CN1C(=O)[C@H](CCC(=O)/C(C)=C/C)NC(=O)OC(C)(C)C)C(=O)NS(=O)(=O)C1CC1. The van der Waals surface area contributed by atoms with Crippen molar-refractivity contribution >= 4 is 66.3 Å². The van der Waals surface area contributed by atoms with Crippen LogP contribution in [0.4, 0.5) is 4.79 Å². The summed E-state index contributed by atoms with van der Waals surface area (Å²) in [4.78, 5) is 73.7. The molecule has 286 valence electrons. The van der Waals surface area contributed by atoms with Crippen LogP contribution in [0.5, 0.6) is 5.88 Å². The summed E-state index contributed by atoms with van der Waals surface area (Å²) in [5.74, 6) is -2.78. The summed E-state index contributed by atoms with van der Waals surface area (Å²) >= 11 is 3.48. The van der Waals surface area contributed by atoms with Gasteiger partial charge in [0.2, 0.25) is 27.7 Å². The molecular weight excluding hydrogens is 770 g/mol. The Hall–Kier alpha value is -4.31. The lowest BCUT2D eigenvalue weighted by atomic mass is 10.0. The summed E-state index contributed by atoms with van der Waals surface area (Å²) in [6.45, 7) is 12.0. The van der Waals surface area contributed by atoms with Crippen molar-refractivity contribution in [3.05, 3.63) is 59.2 Å². The molecule has 5 atom stereocenters. The van der Waals surface area contributed by atoms with Crippen LogP contribution in [0, 0.1) is 5.92 Å². The Morgan fingerprint density at radius 2 is 1.89 bits per heavy atom. The number of sulfonamides is 1. The highest BCUT2D eigenvalue weighted by molar-refractivity contribution is 9.10. The third kappa shape index (κ3) is 9.44. The maximum Gasteiger partial charge on any atom is 0.408 e. The van der Waals surface area contributed by atoms with Crippen molar-refractivity contribution in [3.8, 4) is 5.88 Å². The Morgan fingerprint density at radius 1 is 1.17 bits per heavy atom. The average Bonchev–Trinajstić information content (AvgIpc) is 4.02. The number of benzene rings is 1. The first-order valence-corrected chi connectivity index (χ1v) is 19.9. The number of ketones is 1. The van der Waals surface area contributed by atoms with Crippen LogP contribution in [0.25, 0.3) is 10.8 Å².